The molecule has 1 fully saturated rings. The van der Waals surface area contributed by atoms with E-state index in [1.165, 1.54) is 25.3 Å². The first-order valence-corrected chi connectivity index (χ1v) is 11.5. The number of pyridine rings is 1. The summed E-state index contributed by atoms with van der Waals surface area (Å²) < 4.78 is 0. The number of anilines is 1. The van der Waals surface area contributed by atoms with Crippen molar-refractivity contribution in [2.45, 2.75) is 38.1 Å². The van der Waals surface area contributed by atoms with Crippen LogP contribution < -0.4 is 16.0 Å². The van der Waals surface area contributed by atoms with E-state index in [0.29, 0.717) is 23.0 Å². The van der Waals surface area contributed by atoms with Crippen LogP contribution >= 0.6 is 0 Å². The summed E-state index contributed by atoms with van der Waals surface area (Å²) in [5.74, 6) is -0.539. The van der Waals surface area contributed by atoms with E-state index in [0.717, 1.165) is 18.5 Å². The van der Waals surface area contributed by atoms with Crippen molar-refractivity contribution < 1.29 is 14.4 Å². The Hall–Kier alpha value is -4.27. The maximum atomic E-state index is 12.3. The molecule has 9 heteroatoms. The van der Waals surface area contributed by atoms with E-state index in [4.69, 9.17) is 0 Å². The maximum absolute atomic E-state index is 12.3. The van der Waals surface area contributed by atoms with Gasteiger partial charge in [-0.1, -0.05) is 31.9 Å². The number of amides is 3. The standard InChI is InChI=1S/C17H15N5O2.C9H15NO/c1-18-16(23)11-5-7-12(8-6-11)20-17(24)15-4-2-3-13(21-15)14-9-10-19-22-14;1-2-9(11)10-8-6-4-3-5-7-8/h2-10H,1H3,(H,18,23)(H,19,22)(H,20,24);2,8H,1,3-7H2,(H,10,11). The molecule has 1 saturated carbocycles. The van der Waals surface area contributed by atoms with Gasteiger partial charge in [-0.3, -0.25) is 19.5 Å². The molecule has 2 aromatic heterocycles. The number of hydrogen-bond acceptors (Lipinski definition) is 5. The molecule has 3 aromatic rings. The lowest BCUT2D eigenvalue weighted by Gasteiger charge is -2.21. The number of nitrogens with one attached hydrogen (secondary N) is 4. The summed E-state index contributed by atoms with van der Waals surface area (Å²) in [5.41, 5.74) is 2.77. The van der Waals surface area contributed by atoms with Crippen LogP contribution in [0.25, 0.3) is 11.4 Å². The molecule has 9 nitrogen and oxygen atoms in total. The van der Waals surface area contributed by atoms with Crippen LogP contribution in [0.2, 0.25) is 0 Å². The van der Waals surface area contributed by atoms with Gasteiger partial charge in [-0.15, -0.1) is 0 Å². The fourth-order valence-corrected chi connectivity index (χ4v) is 3.66. The number of carbonyl (C=O) groups is 3. The lowest BCUT2D eigenvalue weighted by atomic mass is 9.95. The quantitative estimate of drug-likeness (QED) is 0.405. The Balaban J connectivity index is 0.000000261. The zero-order valence-electron chi connectivity index (χ0n) is 19.7. The van der Waals surface area contributed by atoms with Gasteiger partial charge in [-0.05, 0) is 61.4 Å². The van der Waals surface area contributed by atoms with E-state index < -0.39 is 0 Å². The Morgan fingerprint density at radius 1 is 1.00 bits per heavy atom. The number of aromatic nitrogens is 3. The number of benzene rings is 1. The SMILES string of the molecule is C=CC(=O)NC1CCCCC1.CNC(=O)c1ccc(NC(=O)c2cccc(-c3ccn[nH]3)n2)cc1. The molecule has 0 unspecified atom stereocenters. The van der Waals surface area contributed by atoms with Gasteiger partial charge in [0.05, 0.1) is 11.4 Å². The van der Waals surface area contributed by atoms with Crippen LogP contribution in [0.4, 0.5) is 5.69 Å². The molecule has 2 heterocycles. The van der Waals surface area contributed by atoms with Gasteiger partial charge in [0.25, 0.3) is 11.8 Å². The van der Waals surface area contributed by atoms with E-state index in [1.54, 1.807) is 61.8 Å². The molecule has 182 valence electrons. The molecular formula is C26H30N6O3. The average molecular weight is 475 g/mol. The normalized spacial score (nSPS) is 13.1. The largest absolute Gasteiger partial charge is 0.355 e. The van der Waals surface area contributed by atoms with Crippen molar-refractivity contribution in [3.05, 3.63) is 78.6 Å². The van der Waals surface area contributed by atoms with Crippen molar-refractivity contribution in [3.63, 3.8) is 0 Å². The number of rotatable bonds is 6. The highest BCUT2D eigenvalue weighted by Crippen LogP contribution is 2.17. The lowest BCUT2D eigenvalue weighted by Crippen LogP contribution is -2.34. The number of hydrogen-bond donors (Lipinski definition) is 4. The van der Waals surface area contributed by atoms with Crippen LogP contribution in [0.1, 0.15) is 53.0 Å². The predicted molar refractivity (Wildman–Crippen MR) is 135 cm³/mol. The van der Waals surface area contributed by atoms with E-state index in [2.05, 4.69) is 37.7 Å². The zero-order chi connectivity index (χ0) is 25.0. The fraction of sp³-hybridized carbons (Fsp3) is 0.269. The summed E-state index contributed by atoms with van der Waals surface area (Å²) in [5, 5.41) is 14.9. The van der Waals surface area contributed by atoms with Gasteiger partial charge in [-0.2, -0.15) is 5.10 Å². The molecule has 4 rings (SSSR count). The molecule has 0 saturated heterocycles. The highest BCUT2D eigenvalue weighted by atomic mass is 16.2. The Labute approximate surface area is 204 Å². The number of H-pyrrole nitrogens is 1. The van der Waals surface area contributed by atoms with Crippen LogP contribution in [0.15, 0.2) is 67.4 Å². The molecule has 0 aliphatic heterocycles. The van der Waals surface area contributed by atoms with Gasteiger partial charge in [0.15, 0.2) is 0 Å². The summed E-state index contributed by atoms with van der Waals surface area (Å²) in [4.78, 5) is 39.0. The second kappa shape index (κ2) is 12.8. The lowest BCUT2D eigenvalue weighted by molar-refractivity contribution is -0.117. The van der Waals surface area contributed by atoms with Crippen molar-refractivity contribution >= 4 is 23.4 Å². The summed E-state index contributed by atoms with van der Waals surface area (Å²) in [7, 11) is 1.57. The Bertz CT molecular complexity index is 1140. The van der Waals surface area contributed by atoms with E-state index in [-0.39, 0.29) is 23.4 Å². The van der Waals surface area contributed by atoms with Crippen LogP contribution in [-0.2, 0) is 4.79 Å². The van der Waals surface area contributed by atoms with Gasteiger partial charge in [0, 0.05) is 30.5 Å². The van der Waals surface area contributed by atoms with Crippen molar-refractivity contribution in [1.82, 2.24) is 25.8 Å². The second-order valence-electron chi connectivity index (χ2n) is 8.04. The minimum absolute atomic E-state index is 0.0306. The number of nitrogens with zero attached hydrogens (tertiary/aromatic N) is 2. The summed E-state index contributed by atoms with van der Waals surface area (Å²) >= 11 is 0. The first-order chi connectivity index (χ1) is 17.0. The summed E-state index contributed by atoms with van der Waals surface area (Å²) in [6.45, 7) is 3.41. The number of aromatic amines is 1. The van der Waals surface area contributed by atoms with Crippen LogP contribution in [0.5, 0.6) is 0 Å². The molecule has 3 amide bonds. The van der Waals surface area contributed by atoms with Crippen LogP contribution in [-0.4, -0.2) is 46.0 Å². The van der Waals surface area contributed by atoms with Crippen molar-refractivity contribution in [2.24, 2.45) is 0 Å². The average Bonchev–Trinajstić information content (AvgIpc) is 3.45. The molecule has 0 atom stereocenters. The van der Waals surface area contributed by atoms with Gasteiger partial charge in [-0.25, -0.2) is 4.98 Å². The number of carbonyl (C=O) groups excluding carboxylic acids is 3. The molecule has 35 heavy (non-hydrogen) atoms. The van der Waals surface area contributed by atoms with Crippen LogP contribution in [0.3, 0.4) is 0 Å². The third-order valence-electron chi connectivity index (χ3n) is 5.53. The summed E-state index contributed by atoms with van der Waals surface area (Å²) in [6, 6.07) is 14.0. The molecule has 1 aromatic carbocycles. The highest BCUT2D eigenvalue weighted by molar-refractivity contribution is 6.03. The Morgan fingerprint density at radius 3 is 2.37 bits per heavy atom. The summed E-state index contributed by atoms with van der Waals surface area (Å²) in [6.07, 6.45) is 9.07. The van der Waals surface area contributed by atoms with E-state index in [1.807, 2.05) is 0 Å². The topological polar surface area (TPSA) is 129 Å². The third kappa shape index (κ3) is 7.63. The highest BCUT2D eigenvalue weighted by Gasteiger charge is 2.13. The predicted octanol–water partition coefficient (Wildman–Crippen LogP) is 3.70. The van der Waals surface area contributed by atoms with Crippen molar-refractivity contribution in [2.75, 3.05) is 12.4 Å². The van der Waals surface area contributed by atoms with Gasteiger partial charge >= 0.3 is 0 Å². The molecule has 0 bridgehead atoms. The molecule has 1 aliphatic carbocycles. The van der Waals surface area contributed by atoms with Crippen LogP contribution in [0, 0.1) is 0 Å². The first kappa shape index (κ1) is 25.4. The third-order valence-corrected chi connectivity index (χ3v) is 5.53. The molecular weight excluding hydrogens is 444 g/mol. The maximum Gasteiger partial charge on any atom is 0.274 e. The molecule has 0 spiro atoms. The van der Waals surface area contributed by atoms with Gasteiger partial charge < -0.3 is 16.0 Å². The van der Waals surface area contributed by atoms with Gasteiger partial charge in [0.2, 0.25) is 5.91 Å². The minimum atomic E-state index is -0.330. The van der Waals surface area contributed by atoms with E-state index in [9.17, 15) is 14.4 Å². The monoisotopic (exact) mass is 474 g/mol. The van der Waals surface area contributed by atoms with Crippen molar-refractivity contribution in [1.29, 1.82) is 0 Å². The van der Waals surface area contributed by atoms with Gasteiger partial charge in [0.1, 0.15) is 5.69 Å². The molecule has 4 N–H and O–H groups in total. The molecule has 0 radical (unpaired) electrons. The molecule has 1 aliphatic rings. The minimum Gasteiger partial charge on any atom is -0.355 e. The zero-order valence-corrected chi connectivity index (χ0v) is 19.7. The smallest absolute Gasteiger partial charge is 0.274 e. The van der Waals surface area contributed by atoms with Crippen molar-refractivity contribution in [3.8, 4) is 11.4 Å². The first-order valence-electron chi connectivity index (χ1n) is 11.5. The van der Waals surface area contributed by atoms with E-state index >= 15 is 0 Å². The Morgan fingerprint density at radius 2 is 1.74 bits per heavy atom. The second-order valence-corrected chi connectivity index (χ2v) is 8.04. The Kier molecular flexibility index (Phi) is 9.30. The fourth-order valence-electron chi connectivity index (χ4n) is 3.66.